The van der Waals surface area contributed by atoms with Crippen molar-refractivity contribution < 1.29 is 9.53 Å². The molecule has 1 aliphatic rings. The largest absolute Gasteiger partial charge is 0.373 e. The fourth-order valence-electron chi connectivity index (χ4n) is 2.50. The van der Waals surface area contributed by atoms with E-state index in [2.05, 4.69) is 13.7 Å². The number of likely N-dealkylation sites (tertiary alicyclic amines) is 1. The summed E-state index contributed by atoms with van der Waals surface area (Å²) in [6.45, 7) is 3.79. The Morgan fingerprint density at radius 1 is 1.41 bits per heavy atom. The Hall–Kier alpha value is -1.86. The Kier molecular flexibility index (Phi) is 4.74. The molecule has 7 heteroatoms. The minimum absolute atomic E-state index is 0.0167. The van der Waals surface area contributed by atoms with Crippen LogP contribution in [0.25, 0.3) is 0 Å². The molecule has 0 spiro atoms. The highest BCUT2D eigenvalue weighted by Crippen LogP contribution is 2.18. The summed E-state index contributed by atoms with van der Waals surface area (Å²) in [6, 6.07) is 3.91. The first-order chi connectivity index (χ1) is 10.7. The summed E-state index contributed by atoms with van der Waals surface area (Å²) in [5, 5.41) is 0. The van der Waals surface area contributed by atoms with Crippen molar-refractivity contribution in [3.63, 3.8) is 0 Å². The van der Waals surface area contributed by atoms with E-state index in [9.17, 15) is 4.79 Å². The molecular weight excluding hydrogens is 300 g/mol. The Bertz CT molecular complexity index is 623. The summed E-state index contributed by atoms with van der Waals surface area (Å²) in [5.74, 6) is -0.0167. The van der Waals surface area contributed by atoms with Gasteiger partial charge >= 0.3 is 0 Å². The molecule has 0 aromatic carbocycles. The van der Waals surface area contributed by atoms with Crippen molar-refractivity contribution in [1.29, 1.82) is 0 Å². The number of carbonyl (C=O) groups excluding carboxylic acids is 1. The second kappa shape index (κ2) is 6.93. The highest BCUT2D eigenvalue weighted by molar-refractivity contribution is 6.99. The molecule has 0 radical (unpaired) electrons. The fourth-order valence-corrected chi connectivity index (χ4v) is 3.04. The first-order valence-corrected chi connectivity index (χ1v) is 8.06. The van der Waals surface area contributed by atoms with Crippen LogP contribution in [0.5, 0.6) is 0 Å². The first kappa shape index (κ1) is 15.1. The molecule has 6 nitrogen and oxygen atoms in total. The molecule has 3 heterocycles. The van der Waals surface area contributed by atoms with E-state index in [0.29, 0.717) is 31.1 Å². The summed E-state index contributed by atoms with van der Waals surface area (Å²) >= 11 is 1.09. The highest BCUT2D eigenvalue weighted by atomic mass is 32.1. The van der Waals surface area contributed by atoms with Gasteiger partial charge < -0.3 is 9.64 Å². The molecule has 1 fully saturated rings. The number of amides is 1. The second-order valence-corrected chi connectivity index (χ2v) is 5.89. The number of hydrogen-bond donors (Lipinski definition) is 0. The lowest BCUT2D eigenvalue weighted by Gasteiger charge is -2.31. The summed E-state index contributed by atoms with van der Waals surface area (Å²) in [4.78, 5) is 18.3. The predicted octanol–water partition coefficient (Wildman–Crippen LogP) is 2.06. The van der Waals surface area contributed by atoms with Crippen LogP contribution in [0.1, 0.15) is 34.6 Å². The normalized spacial score (nSPS) is 16.0. The van der Waals surface area contributed by atoms with Crippen LogP contribution in [0.4, 0.5) is 0 Å². The van der Waals surface area contributed by atoms with Gasteiger partial charge in [-0.3, -0.25) is 9.78 Å². The van der Waals surface area contributed by atoms with Crippen molar-refractivity contribution in [3.8, 4) is 0 Å². The average molecular weight is 318 g/mol. The van der Waals surface area contributed by atoms with Crippen LogP contribution in [0.3, 0.4) is 0 Å². The van der Waals surface area contributed by atoms with Crippen LogP contribution < -0.4 is 0 Å². The number of aromatic nitrogens is 3. The van der Waals surface area contributed by atoms with Gasteiger partial charge in [0, 0.05) is 25.5 Å². The number of piperidine rings is 1. The molecule has 0 unspecified atom stereocenters. The minimum atomic E-state index is -0.0167. The van der Waals surface area contributed by atoms with E-state index in [4.69, 9.17) is 4.74 Å². The third-order valence-electron chi connectivity index (χ3n) is 3.79. The minimum Gasteiger partial charge on any atom is -0.373 e. The Morgan fingerprint density at radius 2 is 2.23 bits per heavy atom. The van der Waals surface area contributed by atoms with E-state index >= 15 is 0 Å². The molecule has 0 atom stereocenters. The van der Waals surface area contributed by atoms with Crippen LogP contribution in [-0.2, 0) is 11.3 Å². The molecule has 0 N–H and O–H groups in total. The van der Waals surface area contributed by atoms with Gasteiger partial charge in [-0.05, 0) is 31.4 Å². The smallest absolute Gasteiger partial charge is 0.275 e. The molecule has 0 saturated carbocycles. The van der Waals surface area contributed by atoms with Gasteiger partial charge in [0.2, 0.25) is 0 Å². The van der Waals surface area contributed by atoms with Gasteiger partial charge in [-0.2, -0.15) is 8.75 Å². The number of carbonyl (C=O) groups is 1. The zero-order valence-electron chi connectivity index (χ0n) is 12.4. The Morgan fingerprint density at radius 3 is 2.86 bits per heavy atom. The zero-order chi connectivity index (χ0) is 15.4. The van der Waals surface area contributed by atoms with Crippen LogP contribution in [0.2, 0.25) is 0 Å². The van der Waals surface area contributed by atoms with Gasteiger partial charge in [0.05, 0.1) is 30.1 Å². The summed E-state index contributed by atoms with van der Waals surface area (Å²) in [7, 11) is 0. The second-order valence-electron chi connectivity index (χ2n) is 5.36. The zero-order valence-corrected chi connectivity index (χ0v) is 13.3. The molecule has 2 aromatic rings. The Balaban J connectivity index is 1.48. The van der Waals surface area contributed by atoms with Crippen molar-refractivity contribution in [2.45, 2.75) is 32.5 Å². The fraction of sp³-hybridized carbons (Fsp3) is 0.467. The van der Waals surface area contributed by atoms with Crippen molar-refractivity contribution in [2.75, 3.05) is 13.1 Å². The lowest BCUT2D eigenvalue weighted by Crippen LogP contribution is -2.41. The molecule has 3 rings (SSSR count). The van der Waals surface area contributed by atoms with E-state index in [1.54, 1.807) is 6.20 Å². The quantitative estimate of drug-likeness (QED) is 0.863. The van der Waals surface area contributed by atoms with Gasteiger partial charge in [-0.15, -0.1) is 0 Å². The van der Waals surface area contributed by atoms with E-state index in [1.165, 1.54) is 0 Å². The van der Waals surface area contributed by atoms with Crippen LogP contribution in [-0.4, -0.2) is 43.7 Å². The summed E-state index contributed by atoms with van der Waals surface area (Å²) < 4.78 is 14.1. The summed E-state index contributed by atoms with van der Waals surface area (Å²) in [5.41, 5.74) is 2.27. The number of nitrogens with zero attached hydrogens (tertiary/aromatic N) is 4. The molecule has 22 heavy (non-hydrogen) atoms. The summed E-state index contributed by atoms with van der Waals surface area (Å²) in [6.07, 6.45) is 5.46. The third kappa shape index (κ3) is 3.48. The van der Waals surface area contributed by atoms with Crippen LogP contribution in [0, 0.1) is 6.92 Å². The lowest BCUT2D eigenvalue weighted by molar-refractivity contribution is -0.000590. The number of hydrogen-bond acceptors (Lipinski definition) is 6. The molecule has 0 bridgehead atoms. The average Bonchev–Trinajstić information content (AvgIpc) is 3.00. The van der Waals surface area contributed by atoms with Crippen molar-refractivity contribution in [3.05, 3.63) is 41.5 Å². The highest BCUT2D eigenvalue weighted by Gasteiger charge is 2.26. The van der Waals surface area contributed by atoms with Gasteiger partial charge in [-0.25, -0.2) is 0 Å². The van der Waals surface area contributed by atoms with E-state index in [-0.39, 0.29) is 12.0 Å². The van der Waals surface area contributed by atoms with Crippen molar-refractivity contribution in [1.82, 2.24) is 18.6 Å². The van der Waals surface area contributed by atoms with Crippen molar-refractivity contribution >= 4 is 17.6 Å². The molecule has 1 aliphatic heterocycles. The lowest BCUT2D eigenvalue weighted by atomic mass is 10.1. The maximum Gasteiger partial charge on any atom is 0.275 e. The van der Waals surface area contributed by atoms with Crippen LogP contribution in [0.15, 0.2) is 24.5 Å². The first-order valence-electron chi connectivity index (χ1n) is 7.33. The molecule has 0 aliphatic carbocycles. The standard InChI is InChI=1S/C15H18N4O2S/c1-11-14(18-22-17-11)15(20)19-7-4-13(5-8-19)21-10-12-3-2-6-16-9-12/h2-3,6,9,13H,4-5,7-8,10H2,1H3. The third-order valence-corrected chi connectivity index (χ3v) is 4.41. The molecule has 1 saturated heterocycles. The van der Waals surface area contributed by atoms with E-state index < -0.39 is 0 Å². The number of ether oxygens (including phenoxy) is 1. The van der Waals surface area contributed by atoms with E-state index in [0.717, 1.165) is 30.1 Å². The van der Waals surface area contributed by atoms with Gasteiger partial charge in [0.15, 0.2) is 5.69 Å². The molecule has 116 valence electrons. The van der Waals surface area contributed by atoms with Gasteiger partial charge in [0.25, 0.3) is 5.91 Å². The number of aryl methyl sites for hydroxylation is 1. The molecule has 1 amide bonds. The van der Waals surface area contributed by atoms with Crippen molar-refractivity contribution in [2.24, 2.45) is 0 Å². The van der Waals surface area contributed by atoms with Gasteiger partial charge in [-0.1, -0.05) is 6.07 Å². The SMILES string of the molecule is Cc1nsnc1C(=O)N1CCC(OCc2cccnc2)CC1. The predicted molar refractivity (Wildman–Crippen MR) is 82.6 cm³/mol. The maximum atomic E-state index is 12.3. The van der Waals surface area contributed by atoms with Gasteiger partial charge in [0.1, 0.15) is 0 Å². The van der Waals surface area contributed by atoms with E-state index in [1.807, 2.05) is 30.2 Å². The topological polar surface area (TPSA) is 68.2 Å². The van der Waals surface area contributed by atoms with Crippen LogP contribution >= 0.6 is 11.7 Å². The monoisotopic (exact) mass is 318 g/mol. The molecular formula is C15H18N4O2S. The maximum absolute atomic E-state index is 12.3. The number of pyridine rings is 1. The number of rotatable bonds is 4. The molecule has 2 aromatic heterocycles. The Labute approximate surface area is 133 Å².